The number of hydrogen-bond donors (Lipinski definition) is 1. The maximum Gasteiger partial charge on any atom is 0.267 e. The van der Waals surface area contributed by atoms with Crippen LogP contribution in [0.4, 0.5) is 5.82 Å². The number of aromatic nitrogens is 2. The maximum atomic E-state index is 13.4. The first-order valence-electron chi connectivity index (χ1n) is 11.7. The van der Waals surface area contributed by atoms with E-state index in [1.165, 1.54) is 21.7 Å². The largest absolute Gasteiger partial charge is 0.369 e. The molecule has 0 radical (unpaired) electrons. The molecule has 0 spiro atoms. The highest BCUT2D eigenvalue weighted by atomic mass is 32.2. The van der Waals surface area contributed by atoms with Gasteiger partial charge in [0.25, 0.3) is 11.5 Å². The van der Waals surface area contributed by atoms with Crippen LogP contribution >= 0.6 is 24.0 Å². The van der Waals surface area contributed by atoms with Crippen molar-refractivity contribution in [3.8, 4) is 0 Å². The Morgan fingerprint density at radius 1 is 0.889 bits per heavy atom. The normalized spacial score (nSPS) is 14.7. The Morgan fingerprint density at radius 3 is 2.28 bits per heavy atom. The Morgan fingerprint density at radius 2 is 1.56 bits per heavy atom. The van der Waals surface area contributed by atoms with Crippen molar-refractivity contribution in [1.82, 2.24) is 14.3 Å². The first kappa shape index (κ1) is 24.0. The van der Waals surface area contributed by atoms with Gasteiger partial charge in [-0.3, -0.25) is 18.9 Å². The molecule has 1 aliphatic rings. The van der Waals surface area contributed by atoms with E-state index in [0.29, 0.717) is 45.8 Å². The number of nitrogens with zero attached hydrogens (tertiary/aromatic N) is 3. The molecule has 6 nitrogen and oxygen atoms in total. The number of rotatable bonds is 8. The molecule has 3 heterocycles. The zero-order valence-corrected chi connectivity index (χ0v) is 21.1. The molecule has 0 unspecified atom stereocenters. The number of thiocarbonyl (C=S) groups is 1. The van der Waals surface area contributed by atoms with Crippen molar-refractivity contribution in [1.29, 1.82) is 0 Å². The van der Waals surface area contributed by atoms with Crippen LogP contribution in [-0.4, -0.2) is 37.6 Å². The van der Waals surface area contributed by atoms with E-state index in [2.05, 4.69) is 22.4 Å². The van der Waals surface area contributed by atoms with Crippen LogP contribution in [-0.2, 0) is 17.6 Å². The summed E-state index contributed by atoms with van der Waals surface area (Å²) >= 11 is 6.73. The molecule has 1 fully saturated rings. The standard InChI is InChI=1S/C28H24N4O2S2/c33-26-22(19-23-27(34)32(28(35)36-23)18-15-21-11-5-2-6-12-21)25(30-24-13-7-8-17-31(24)26)29-16-14-20-9-3-1-4-10-20/h1-13,17,19,29H,14-16,18H2/b23-19-. The average molecular weight is 513 g/mol. The van der Waals surface area contributed by atoms with Gasteiger partial charge in [0, 0.05) is 19.3 Å². The molecule has 8 heteroatoms. The number of anilines is 1. The van der Waals surface area contributed by atoms with Gasteiger partial charge in [0.15, 0.2) is 0 Å². The molecule has 5 rings (SSSR count). The lowest BCUT2D eigenvalue weighted by atomic mass is 10.1. The van der Waals surface area contributed by atoms with Crippen LogP contribution in [0.2, 0.25) is 0 Å². The van der Waals surface area contributed by atoms with Crippen LogP contribution in [0.15, 0.2) is 94.8 Å². The fourth-order valence-electron chi connectivity index (χ4n) is 4.05. The van der Waals surface area contributed by atoms with E-state index in [1.807, 2.05) is 54.6 Å². The summed E-state index contributed by atoms with van der Waals surface area (Å²) in [5, 5.41) is 3.32. The van der Waals surface area contributed by atoms with Gasteiger partial charge in [0.05, 0.1) is 10.5 Å². The molecule has 1 amide bonds. The predicted molar refractivity (Wildman–Crippen MR) is 150 cm³/mol. The third kappa shape index (κ3) is 5.24. The second-order valence-electron chi connectivity index (χ2n) is 8.34. The second-order valence-corrected chi connectivity index (χ2v) is 10.0. The Balaban J connectivity index is 1.42. The van der Waals surface area contributed by atoms with Crippen LogP contribution in [0.5, 0.6) is 0 Å². The van der Waals surface area contributed by atoms with Crippen molar-refractivity contribution < 1.29 is 4.79 Å². The van der Waals surface area contributed by atoms with Gasteiger partial charge in [0.2, 0.25) is 0 Å². The summed E-state index contributed by atoms with van der Waals surface area (Å²) in [7, 11) is 0. The number of benzene rings is 2. The molecule has 1 saturated heterocycles. The zero-order valence-electron chi connectivity index (χ0n) is 19.5. The fourth-order valence-corrected chi connectivity index (χ4v) is 5.34. The van der Waals surface area contributed by atoms with Gasteiger partial charge in [-0.15, -0.1) is 0 Å². The molecule has 180 valence electrons. The van der Waals surface area contributed by atoms with Crippen molar-refractivity contribution in [2.75, 3.05) is 18.4 Å². The fraction of sp³-hybridized carbons (Fsp3) is 0.143. The first-order valence-corrected chi connectivity index (χ1v) is 12.9. The maximum absolute atomic E-state index is 13.4. The number of nitrogens with one attached hydrogen (secondary N) is 1. The molecule has 0 aliphatic carbocycles. The Kier molecular flexibility index (Phi) is 7.25. The molecular weight excluding hydrogens is 488 g/mol. The lowest BCUT2D eigenvalue weighted by Crippen LogP contribution is -2.30. The van der Waals surface area contributed by atoms with E-state index in [-0.39, 0.29) is 11.5 Å². The van der Waals surface area contributed by atoms with Gasteiger partial charge in [-0.2, -0.15) is 0 Å². The molecule has 0 saturated carbocycles. The first-order chi connectivity index (χ1) is 17.6. The molecule has 0 atom stereocenters. The van der Waals surface area contributed by atoms with Gasteiger partial charge in [-0.05, 0) is 42.2 Å². The van der Waals surface area contributed by atoms with Crippen LogP contribution in [0.25, 0.3) is 11.7 Å². The van der Waals surface area contributed by atoms with Crippen molar-refractivity contribution in [2.45, 2.75) is 12.8 Å². The van der Waals surface area contributed by atoms with Crippen LogP contribution in [0.3, 0.4) is 0 Å². The van der Waals surface area contributed by atoms with Gasteiger partial charge in [-0.1, -0.05) is 90.7 Å². The third-order valence-electron chi connectivity index (χ3n) is 5.93. The Labute approximate surface area is 218 Å². The molecule has 1 N–H and O–H groups in total. The quantitative estimate of drug-likeness (QED) is 0.270. The van der Waals surface area contributed by atoms with E-state index in [9.17, 15) is 9.59 Å². The summed E-state index contributed by atoms with van der Waals surface area (Å²) in [6, 6.07) is 25.5. The summed E-state index contributed by atoms with van der Waals surface area (Å²) in [5.41, 5.74) is 2.96. The second kappa shape index (κ2) is 10.9. The lowest BCUT2D eigenvalue weighted by Gasteiger charge is -2.14. The number of hydrogen-bond acceptors (Lipinski definition) is 6. The molecule has 2 aromatic heterocycles. The van der Waals surface area contributed by atoms with Crippen molar-refractivity contribution in [3.05, 3.63) is 117 Å². The summed E-state index contributed by atoms with van der Waals surface area (Å²) in [4.78, 5) is 33.4. The van der Waals surface area contributed by atoms with Crippen LogP contribution in [0, 0.1) is 0 Å². The topological polar surface area (TPSA) is 66.7 Å². The lowest BCUT2D eigenvalue weighted by molar-refractivity contribution is -0.122. The van der Waals surface area contributed by atoms with Gasteiger partial charge >= 0.3 is 0 Å². The molecule has 0 bridgehead atoms. The molecule has 1 aliphatic heterocycles. The minimum absolute atomic E-state index is 0.186. The molecule has 36 heavy (non-hydrogen) atoms. The number of amides is 1. The van der Waals surface area contributed by atoms with Crippen molar-refractivity contribution in [2.24, 2.45) is 0 Å². The third-order valence-corrected chi connectivity index (χ3v) is 7.31. The van der Waals surface area contributed by atoms with E-state index in [1.54, 1.807) is 29.3 Å². The van der Waals surface area contributed by atoms with Gasteiger partial charge in [-0.25, -0.2) is 4.98 Å². The van der Waals surface area contributed by atoms with Crippen molar-refractivity contribution >= 4 is 51.7 Å². The summed E-state index contributed by atoms with van der Waals surface area (Å²) in [6.07, 6.45) is 4.78. The minimum Gasteiger partial charge on any atom is -0.369 e. The van der Waals surface area contributed by atoms with Gasteiger partial charge in [0.1, 0.15) is 15.8 Å². The van der Waals surface area contributed by atoms with E-state index < -0.39 is 0 Å². The molecular formula is C28H24N4O2S2. The minimum atomic E-state index is -0.239. The number of thioether (sulfide) groups is 1. The highest BCUT2D eigenvalue weighted by Gasteiger charge is 2.32. The highest BCUT2D eigenvalue weighted by Crippen LogP contribution is 2.33. The molecule has 2 aromatic carbocycles. The number of carbonyl (C=O) groups is 1. The molecule has 4 aromatic rings. The number of fused-ring (bicyclic) bond motifs is 1. The van der Waals surface area contributed by atoms with Gasteiger partial charge < -0.3 is 5.32 Å². The Hall–Kier alpha value is -3.75. The smallest absolute Gasteiger partial charge is 0.267 e. The summed E-state index contributed by atoms with van der Waals surface area (Å²) in [5.74, 6) is 0.269. The summed E-state index contributed by atoms with van der Waals surface area (Å²) < 4.78 is 1.99. The predicted octanol–water partition coefficient (Wildman–Crippen LogP) is 4.79. The number of pyridine rings is 1. The highest BCUT2D eigenvalue weighted by molar-refractivity contribution is 8.26. The number of carbonyl (C=O) groups excluding carboxylic acids is 1. The van der Waals surface area contributed by atoms with Crippen LogP contribution in [0.1, 0.15) is 16.7 Å². The Bertz CT molecular complexity index is 1500. The van der Waals surface area contributed by atoms with E-state index >= 15 is 0 Å². The monoisotopic (exact) mass is 512 g/mol. The van der Waals surface area contributed by atoms with Crippen molar-refractivity contribution in [3.63, 3.8) is 0 Å². The average Bonchev–Trinajstić information content (AvgIpc) is 3.18. The summed E-state index contributed by atoms with van der Waals surface area (Å²) in [6.45, 7) is 1.08. The zero-order chi connectivity index (χ0) is 24.9. The van der Waals surface area contributed by atoms with E-state index in [0.717, 1.165) is 12.0 Å². The van der Waals surface area contributed by atoms with E-state index in [4.69, 9.17) is 12.2 Å². The SMILES string of the molecule is O=C1/C(=C/c2c(NCCc3ccccc3)nc3ccccn3c2=O)SC(=S)N1CCc1ccccc1. The van der Waals surface area contributed by atoms with Crippen LogP contribution < -0.4 is 10.9 Å².